The van der Waals surface area contributed by atoms with Crippen LogP contribution >= 0.6 is 0 Å². The molecule has 0 unspecified atom stereocenters. The van der Waals surface area contributed by atoms with Crippen molar-refractivity contribution in [1.29, 1.82) is 0 Å². The monoisotopic (exact) mass is 559 g/mol. The third kappa shape index (κ3) is 5.73. The largest absolute Gasteiger partial charge is 0.417 e. The van der Waals surface area contributed by atoms with Crippen LogP contribution in [0.25, 0.3) is 34.0 Å². The molecule has 5 rings (SSSR count). The van der Waals surface area contributed by atoms with Gasteiger partial charge in [0.25, 0.3) is 11.8 Å². The van der Waals surface area contributed by atoms with E-state index < -0.39 is 40.5 Å². The summed E-state index contributed by atoms with van der Waals surface area (Å²) >= 11 is 0. The molecule has 0 aliphatic heterocycles. The lowest BCUT2D eigenvalue weighted by Crippen LogP contribution is -2.17. The minimum absolute atomic E-state index is 0.0760. The van der Waals surface area contributed by atoms with Gasteiger partial charge in [-0.1, -0.05) is 30.3 Å². The Morgan fingerprint density at radius 2 is 1.46 bits per heavy atom. The zero-order chi connectivity index (χ0) is 29.1. The van der Waals surface area contributed by atoms with E-state index >= 15 is 4.39 Å². The molecule has 9 nitrogen and oxygen atoms in total. The van der Waals surface area contributed by atoms with Gasteiger partial charge in [-0.15, -0.1) is 0 Å². The van der Waals surface area contributed by atoms with E-state index in [-0.39, 0.29) is 34.7 Å². The standard InChI is InChI=1S/C28H17F4N7O2/c29-21-11-20(28(30,31)32)18(26-34-7-4-8-35-26)10-19(21)27(41)39-22-9-16(25-37-13-17(14-38-25)24(33)40)12-36-23(22)15-5-2-1-3-6-15/h1-14H,(H2,33,40)(H,39,41). The Morgan fingerprint density at radius 3 is 2.10 bits per heavy atom. The molecule has 0 saturated heterocycles. The summed E-state index contributed by atoms with van der Waals surface area (Å²) in [6.07, 6.45) is 1.39. The number of anilines is 1. The van der Waals surface area contributed by atoms with Gasteiger partial charge < -0.3 is 11.1 Å². The summed E-state index contributed by atoms with van der Waals surface area (Å²) in [5, 5.41) is 2.55. The molecule has 2 amide bonds. The molecule has 3 N–H and O–H groups in total. The number of primary amides is 1. The van der Waals surface area contributed by atoms with Gasteiger partial charge in [-0.2, -0.15) is 13.2 Å². The van der Waals surface area contributed by atoms with Crippen molar-refractivity contribution in [2.75, 3.05) is 5.32 Å². The Morgan fingerprint density at radius 1 is 0.780 bits per heavy atom. The number of halogens is 4. The molecule has 3 aromatic heterocycles. The van der Waals surface area contributed by atoms with Crippen LogP contribution in [0.1, 0.15) is 26.3 Å². The maximum atomic E-state index is 15.0. The van der Waals surface area contributed by atoms with Crippen LogP contribution in [0.5, 0.6) is 0 Å². The summed E-state index contributed by atoms with van der Waals surface area (Å²) in [6.45, 7) is 0. The van der Waals surface area contributed by atoms with Gasteiger partial charge in [0.05, 0.1) is 28.1 Å². The van der Waals surface area contributed by atoms with E-state index in [1.165, 1.54) is 43.1 Å². The van der Waals surface area contributed by atoms with E-state index in [2.05, 4.69) is 30.2 Å². The highest BCUT2D eigenvalue weighted by molar-refractivity contribution is 6.07. The highest BCUT2D eigenvalue weighted by atomic mass is 19.4. The number of alkyl halides is 3. The number of nitrogens with one attached hydrogen (secondary N) is 1. The zero-order valence-electron chi connectivity index (χ0n) is 20.7. The third-order valence-electron chi connectivity index (χ3n) is 5.84. The number of carbonyl (C=O) groups excluding carboxylic acids is 2. The lowest BCUT2D eigenvalue weighted by molar-refractivity contribution is -0.137. The second-order valence-corrected chi connectivity index (χ2v) is 8.55. The van der Waals surface area contributed by atoms with Gasteiger partial charge in [0.15, 0.2) is 11.6 Å². The molecule has 0 fully saturated rings. The average Bonchev–Trinajstić information content (AvgIpc) is 2.97. The molecule has 0 atom stereocenters. The van der Waals surface area contributed by atoms with E-state index in [1.807, 2.05) is 0 Å². The quantitative estimate of drug-likeness (QED) is 0.274. The summed E-state index contributed by atoms with van der Waals surface area (Å²) in [5.74, 6) is -3.36. The number of pyridine rings is 1. The fourth-order valence-electron chi connectivity index (χ4n) is 3.91. The van der Waals surface area contributed by atoms with Crippen LogP contribution in [0.3, 0.4) is 0 Å². The maximum absolute atomic E-state index is 15.0. The summed E-state index contributed by atoms with van der Waals surface area (Å²) < 4.78 is 56.2. The summed E-state index contributed by atoms with van der Waals surface area (Å²) in [7, 11) is 0. The Kier molecular flexibility index (Phi) is 7.17. The number of rotatable bonds is 6. The molecule has 5 aromatic rings. The molecule has 0 radical (unpaired) electrons. The van der Waals surface area contributed by atoms with Crippen molar-refractivity contribution in [1.82, 2.24) is 24.9 Å². The van der Waals surface area contributed by atoms with Crippen molar-refractivity contribution in [2.45, 2.75) is 6.18 Å². The van der Waals surface area contributed by atoms with E-state index in [0.29, 0.717) is 11.1 Å². The molecule has 0 bridgehead atoms. The molecule has 13 heteroatoms. The topological polar surface area (TPSA) is 137 Å². The first kappa shape index (κ1) is 27.0. The van der Waals surface area contributed by atoms with Gasteiger partial charge in [0, 0.05) is 47.7 Å². The third-order valence-corrected chi connectivity index (χ3v) is 5.84. The molecule has 0 spiro atoms. The summed E-state index contributed by atoms with van der Waals surface area (Å²) in [4.78, 5) is 45.0. The average molecular weight is 559 g/mol. The lowest BCUT2D eigenvalue weighted by atomic mass is 10.0. The number of nitrogens with zero attached hydrogens (tertiary/aromatic N) is 5. The van der Waals surface area contributed by atoms with Crippen molar-refractivity contribution in [3.63, 3.8) is 0 Å². The molecule has 2 aromatic carbocycles. The first-order valence-corrected chi connectivity index (χ1v) is 11.8. The zero-order valence-corrected chi connectivity index (χ0v) is 20.7. The lowest BCUT2D eigenvalue weighted by Gasteiger charge is -2.16. The molecule has 0 aliphatic carbocycles. The van der Waals surface area contributed by atoms with Crippen molar-refractivity contribution in [3.05, 3.63) is 108 Å². The Hall–Kier alpha value is -5.59. The van der Waals surface area contributed by atoms with Gasteiger partial charge >= 0.3 is 6.18 Å². The number of benzene rings is 2. The van der Waals surface area contributed by atoms with E-state index in [1.54, 1.807) is 30.3 Å². The summed E-state index contributed by atoms with van der Waals surface area (Å²) in [5.41, 5.74) is 4.03. The molecular weight excluding hydrogens is 542 g/mol. The number of hydrogen-bond acceptors (Lipinski definition) is 7. The molecular formula is C28H17F4N7O2. The van der Waals surface area contributed by atoms with Crippen LogP contribution in [0, 0.1) is 5.82 Å². The number of aromatic nitrogens is 5. The molecule has 204 valence electrons. The maximum Gasteiger partial charge on any atom is 0.417 e. The van der Waals surface area contributed by atoms with Gasteiger partial charge in [-0.25, -0.2) is 24.3 Å². The highest BCUT2D eigenvalue weighted by Crippen LogP contribution is 2.38. The van der Waals surface area contributed by atoms with E-state index in [0.717, 1.165) is 6.07 Å². The predicted octanol–water partition coefficient (Wildman–Crippen LogP) is 5.17. The van der Waals surface area contributed by atoms with Crippen LogP contribution in [0.4, 0.5) is 23.2 Å². The Bertz CT molecular complexity index is 1750. The van der Waals surface area contributed by atoms with Crippen molar-refractivity contribution < 1.29 is 27.2 Å². The van der Waals surface area contributed by atoms with Gasteiger partial charge in [-0.05, 0) is 24.3 Å². The predicted molar refractivity (Wildman–Crippen MR) is 140 cm³/mol. The Labute approximate surface area is 229 Å². The van der Waals surface area contributed by atoms with E-state index in [4.69, 9.17) is 5.73 Å². The van der Waals surface area contributed by atoms with Crippen LogP contribution in [0.2, 0.25) is 0 Å². The van der Waals surface area contributed by atoms with Gasteiger partial charge in [0.1, 0.15) is 5.82 Å². The molecule has 3 heterocycles. The number of carbonyl (C=O) groups is 2. The minimum atomic E-state index is -4.94. The number of hydrogen-bond donors (Lipinski definition) is 2. The van der Waals surface area contributed by atoms with Crippen molar-refractivity contribution in [2.24, 2.45) is 5.73 Å². The number of nitrogens with two attached hydrogens (primary N) is 1. The Balaban J connectivity index is 1.59. The fourth-order valence-corrected chi connectivity index (χ4v) is 3.91. The van der Waals surface area contributed by atoms with E-state index in [9.17, 15) is 22.8 Å². The normalized spacial score (nSPS) is 11.2. The first-order valence-electron chi connectivity index (χ1n) is 11.8. The molecule has 0 saturated carbocycles. The second kappa shape index (κ2) is 10.9. The van der Waals surface area contributed by atoms with Crippen LogP contribution in [-0.4, -0.2) is 36.7 Å². The smallest absolute Gasteiger partial charge is 0.366 e. The van der Waals surface area contributed by atoms with Crippen molar-refractivity contribution >= 4 is 17.5 Å². The summed E-state index contributed by atoms with van der Waals surface area (Å²) in [6, 6.07) is 12.6. The fraction of sp³-hybridized carbons (Fsp3) is 0.0357. The first-order chi connectivity index (χ1) is 19.6. The minimum Gasteiger partial charge on any atom is -0.366 e. The van der Waals surface area contributed by atoms with Crippen LogP contribution in [-0.2, 0) is 6.18 Å². The van der Waals surface area contributed by atoms with Crippen LogP contribution in [0.15, 0.2) is 85.6 Å². The van der Waals surface area contributed by atoms with Crippen LogP contribution < -0.4 is 11.1 Å². The van der Waals surface area contributed by atoms with Gasteiger partial charge in [0.2, 0.25) is 0 Å². The number of amides is 2. The molecule has 0 aliphatic rings. The SMILES string of the molecule is NC(=O)c1cnc(-c2cnc(-c3ccccc3)c(NC(=O)c3cc(-c4ncccn4)c(C(F)(F)F)cc3F)c2)nc1. The second-order valence-electron chi connectivity index (χ2n) is 8.55. The van der Waals surface area contributed by atoms with Crippen molar-refractivity contribution in [3.8, 4) is 34.0 Å². The molecule has 41 heavy (non-hydrogen) atoms. The highest BCUT2D eigenvalue weighted by Gasteiger charge is 2.36. The van der Waals surface area contributed by atoms with Gasteiger partial charge in [-0.3, -0.25) is 14.6 Å².